The first-order valence-electron chi connectivity index (χ1n) is 4.07. The molecule has 1 aromatic rings. The highest BCUT2D eigenvalue weighted by Crippen LogP contribution is 2.21. The molecule has 3 nitrogen and oxygen atoms in total. The topological polar surface area (TPSA) is 46.2 Å². The van der Waals surface area contributed by atoms with Crippen LogP contribution in [0.15, 0.2) is 12.1 Å². The second kappa shape index (κ2) is 4.92. The van der Waals surface area contributed by atoms with Crippen LogP contribution in [0.25, 0.3) is 0 Å². The highest BCUT2D eigenvalue weighted by atomic mass is 35.5. The van der Waals surface area contributed by atoms with Crippen molar-refractivity contribution in [3.63, 3.8) is 0 Å². The number of sulfonamides is 1. The molecule has 0 aliphatic rings. The molecule has 0 heterocycles. The molecule has 90 valence electrons. The van der Waals surface area contributed by atoms with Gasteiger partial charge >= 0.3 is 0 Å². The van der Waals surface area contributed by atoms with E-state index in [0.717, 1.165) is 0 Å². The van der Waals surface area contributed by atoms with Crippen molar-refractivity contribution in [1.82, 2.24) is 0 Å². The van der Waals surface area contributed by atoms with E-state index in [2.05, 4.69) is 0 Å². The number of benzene rings is 1. The summed E-state index contributed by atoms with van der Waals surface area (Å²) in [5.41, 5.74) is -0.911. The number of hydrogen-bond acceptors (Lipinski definition) is 2. The van der Waals surface area contributed by atoms with Gasteiger partial charge in [0.2, 0.25) is 10.0 Å². The van der Waals surface area contributed by atoms with Gasteiger partial charge in [-0.15, -0.1) is 11.6 Å². The maximum atomic E-state index is 13.0. The minimum atomic E-state index is -3.93. The lowest BCUT2D eigenvalue weighted by Gasteiger charge is -2.08. The summed E-state index contributed by atoms with van der Waals surface area (Å²) in [6.45, 7) is 0. The van der Waals surface area contributed by atoms with E-state index in [9.17, 15) is 21.6 Å². The molecule has 1 aromatic carbocycles. The fraction of sp³-hybridized carbons (Fsp3) is 0.250. The molecule has 0 aliphatic carbocycles. The maximum Gasteiger partial charge on any atom is 0.234 e. The lowest BCUT2D eigenvalue weighted by atomic mass is 10.3. The van der Waals surface area contributed by atoms with Crippen LogP contribution in [0.1, 0.15) is 0 Å². The first kappa shape index (κ1) is 13.1. The minimum absolute atomic E-state index is 0.222. The molecule has 0 atom stereocenters. The number of anilines is 1. The van der Waals surface area contributed by atoms with Crippen molar-refractivity contribution < 1.29 is 21.6 Å². The van der Waals surface area contributed by atoms with Gasteiger partial charge in [-0.25, -0.2) is 21.6 Å². The lowest BCUT2D eigenvalue weighted by molar-refractivity contribution is 0.547. The van der Waals surface area contributed by atoms with Gasteiger partial charge in [-0.2, -0.15) is 0 Å². The zero-order valence-corrected chi connectivity index (χ0v) is 9.38. The van der Waals surface area contributed by atoms with Gasteiger partial charge in [0, 0.05) is 18.0 Å². The van der Waals surface area contributed by atoms with E-state index in [4.69, 9.17) is 11.6 Å². The molecule has 0 unspecified atom stereocenters. The second-order valence-corrected chi connectivity index (χ2v) is 5.07. The predicted molar refractivity (Wildman–Crippen MR) is 54.4 cm³/mol. The van der Waals surface area contributed by atoms with Gasteiger partial charge in [0.15, 0.2) is 11.6 Å². The minimum Gasteiger partial charge on any atom is -0.278 e. The van der Waals surface area contributed by atoms with Gasteiger partial charge in [0.25, 0.3) is 0 Å². The number of nitrogens with one attached hydrogen (secondary N) is 1. The molecule has 1 N–H and O–H groups in total. The molecule has 16 heavy (non-hydrogen) atoms. The summed E-state index contributed by atoms with van der Waals surface area (Å²) in [6, 6.07) is 0.753. The van der Waals surface area contributed by atoms with Gasteiger partial charge in [0.05, 0.1) is 5.75 Å². The zero-order valence-electron chi connectivity index (χ0n) is 7.81. The van der Waals surface area contributed by atoms with E-state index in [1.165, 1.54) is 0 Å². The Kier molecular flexibility index (Phi) is 4.03. The molecule has 1 rings (SSSR count). The molecule has 0 aliphatic heterocycles. The first-order chi connectivity index (χ1) is 7.35. The Balaban J connectivity index is 3.07. The fourth-order valence-corrected chi connectivity index (χ4v) is 2.37. The Labute approximate surface area is 95.3 Å². The van der Waals surface area contributed by atoms with Gasteiger partial charge in [-0.3, -0.25) is 4.72 Å². The smallest absolute Gasteiger partial charge is 0.234 e. The van der Waals surface area contributed by atoms with E-state index in [1.807, 2.05) is 0 Å². The highest BCUT2D eigenvalue weighted by Gasteiger charge is 2.17. The molecule has 0 bridgehead atoms. The number of halogens is 4. The fourth-order valence-electron chi connectivity index (χ4n) is 0.948. The molecule has 0 fully saturated rings. The van der Waals surface area contributed by atoms with Crippen LogP contribution < -0.4 is 4.72 Å². The van der Waals surface area contributed by atoms with E-state index in [1.54, 1.807) is 4.72 Å². The molecule has 0 saturated heterocycles. The average Bonchev–Trinajstić information content (AvgIpc) is 2.11. The standard InChI is InChI=1S/C8H7ClF3NO2S/c9-1-2-16(14,15)13-8-6(11)3-5(10)4-7(8)12/h3-4,13H,1-2H2. The third-order valence-corrected chi connectivity index (χ3v) is 3.28. The van der Waals surface area contributed by atoms with Crippen LogP contribution in [0.4, 0.5) is 18.9 Å². The van der Waals surface area contributed by atoms with Crippen LogP contribution in [-0.2, 0) is 10.0 Å². The third kappa shape index (κ3) is 3.28. The largest absolute Gasteiger partial charge is 0.278 e. The Bertz CT molecular complexity index is 469. The Morgan fingerprint density at radius 1 is 1.19 bits per heavy atom. The quantitative estimate of drug-likeness (QED) is 0.854. The SMILES string of the molecule is O=S(=O)(CCCl)Nc1c(F)cc(F)cc1F. The number of rotatable bonds is 4. The maximum absolute atomic E-state index is 13.0. The molecular weight excluding hydrogens is 267 g/mol. The van der Waals surface area contributed by atoms with Crippen molar-refractivity contribution in [2.45, 2.75) is 0 Å². The summed E-state index contributed by atoms with van der Waals surface area (Å²) in [4.78, 5) is 0. The molecule has 8 heteroatoms. The molecule has 0 amide bonds. The first-order valence-corrected chi connectivity index (χ1v) is 6.25. The van der Waals surface area contributed by atoms with Crippen molar-refractivity contribution >= 4 is 27.3 Å². The predicted octanol–water partition coefficient (Wildman–Crippen LogP) is 2.08. The Morgan fingerprint density at radius 2 is 1.69 bits per heavy atom. The number of hydrogen-bond donors (Lipinski definition) is 1. The zero-order chi connectivity index (χ0) is 12.3. The molecule has 0 aromatic heterocycles. The van der Waals surface area contributed by atoms with Gasteiger partial charge in [-0.05, 0) is 0 Å². The average molecular weight is 274 g/mol. The van der Waals surface area contributed by atoms with Crippen LogP contribution >= 0.6 is 11.6 Å². The third-order valence-electron chi connectivity index (χ3n) is 1.61. The van der Waals surface area contributed by atoms with Crippen LogP contribution in [0.3, 0.4) is 0 Å². The molecule has 0 saturated carbocycles. The van der Waals surface area contributed by atoms with Gasteiger partial charge < -0.3 is 0 Å². The highest BCUT2D eigenvalue weighted by molar-refractivity contribution is 7.92. The van der Waals surface area contributed by atoms with Crippen LogP contribution in [-0.4, -0.2) is 20.1 Å². The van der Waals surface area contributed by atoms with Crippen LogP contribution in [0.2, 0.25) is 0 Å². The van der Waals surface area contributed by atoms with Gasteiger partial charge in [0.1, 0.15) is 11.5 Å². The Morgan fingerprint density at radius 3 is 2.12 bits per heavy atom. The van der Waals surface area contributed by atoms with E-state index < -0.39 is 38.9 Å². The summed E-state index contributed by atoms with van der Waals surface area (Å²) in [5, 5.41) is 0. The summed E-state index contributed by atoms with van der Waals surface area (Å²) in [5.74, 6) is -4.49. The summed E-state index contributed by atoms with van der Waals surface area (Å²) in [6.07, 6.45) is 0. The second-order valence-electron chi connectivity index (χ2n) is 2.85. The van der Waals surface area contributed by atoms with E-state index in [0.29, 0.717) is 12.1 Å². The van der Waals surface area contributed by atoms with Crippen molar-refractivity contribution in [2.24, 2.45) is 0 Å². The van der Waals surface area contributed by atoms with Crippen molar-refractivity contribution in [2.75, 3.05) is 16.4 Å². The van der Waals surface area contributed by atoms with Crippen LogP contribution in [0.5, 0.6) is 0 Å². The van der Waals surface area contributed by atoms with Crippen molar-refractivity contribution in [3.05, 3.63) is 29.6 Å². The summed E-state index contributed by atoms with van der Waals surface area (Å²) in [7, 11) is -3.93. The van der Waals surface area contributed by atoms with Gasteiger partial charge in [-0.1, -0.05) is 0 Å². The summed E-state index contributed by atoms with van der Waals surface area (Å²) < 4.78 is 62.6. The Hall–Kier alpha value is -0.950. The van der Waals surface area contributed by atoms with Crippen molar-refractivity contribution in [1.29, 1.82) is 0 Å². The van der Waals surface area contributed by atoms with Crippen molar-refractivity contribution in [3.8, 4) is 0 Å². The molecule has 0 spiro atoms. The molecule has 0 radical (unpaired) electrons. The molecular formula is C8H7ClF3NO2S. The monoisotopic (exact) mass is 273 g/mol. The van der Waals surface area contributed by atoms with E-state index in [-0.39, 0.29) is 5.88 Å². The normalized spacial score (nSPS) is 11.5. The van der Waals surface area contributed by atoms with E-state index >= 15 is 0 Å². The van der Waals surface area contributed by atoms with Crippen LogP contribution in [0, 0.1) is 17.5 Å². The summed E-state index contributed by atoms with van der Waals surface area (Å²) >= 11 is 5.19. The number of alkyl halides is 1. The lowest BCUT2D eigenvalue weighted by Crippen LogP contribution is -2.19.